The number of aromatic nitrogens is 1. The van der Waals surface area contributed by atoms with Gasteiger partial charge in [-0.05, 0) is 37.6 Å². The molecule has 3 N–H and O–H groups in total. The zero-order valence-electron chi connectivity index (χ0n) is 13.6. The highest BCUT2D eigenvalue weighted by Crippen LogP contribution is 2.19. The second kappa shape index (κ2) is 7.03. The van der Waals surface area contributed by atoms with Crippen molar-refractivity contribution in [1.29, 1.82) is 5.26 Å². The predicted octanol–water partition coefficient (Wildman–Crippen LogP) is 0.805. The average Bonchev–Trinajstić information content (AvgIpc) is 3.07. The zero-order valence-corrected chi connectivity index (χ0v) is 13.6. The van der Waals surface area contributed by atoms with Crippen molar-refractivity contribution >= 4 is 12.0 Å². The topological polar surface area (TPSA) is 96.3 Å². The second-order valence-electron chi connectivity index (χ2n) is 5.33. The first kappa shape index (κ1) is 16.6. The maximum Gasteiger partial charge on any atom is 0.283 e. The monoisotopic (exact) mass is 315 g/mol. The summed E-state index contributed by atoms with van der Waals surface area (Å²) in [5.74, 6) is 0.0132. The summed E-state index contributed by atoms with van der Waals surface area (Å²) in [6, 6.07) is 3.93. The molecule has 0 saturated heterocycles. The van der Waals surface area contributed by atoms with Crippen molar-refractivity contribution in [2.24, 2.45) is 5.73 Å². The fourth-order valence-electron chi connectivity index (χ4n) is 2.51. The molecule has 2 rings (SSSR count). The Labute approximate surface area is 135 Å². The summed E-state index contributed by atoms with van der Waals surface area (Å²) in [7, 11) is 1.66. The third-order valence-corrected chi connectivity index (χ3v) is 3.79. The SMILES string of the molecule is COCCn1c(C)cc(/C=C(\C#N)C(=O)N2CC=C(N)N2)c1C. The van der Waals surface area contributed by atoms with Crippen molar-refractivity contribution in [3.63, 3.8) is 0 Å². The summed E-state index contributed by atoms with van der Waals surface area (Å²) in [5.41, 5.74) is 11.3. The molecule has 0 aromatic carbocycles. The van der Waals surface area contributed by atoms with E-state index < -0.39 is 5.91 Å². The normalized spacial score (nSPS) is 14.4. The third kappa shape index (κ3) is 3.55. The quantitative estimate of drug-likeness (QED) is 0.619. The van der Waals surface area contributed by atoms with Crippen LogP contribution in [0.4, 0.5) is 0 Å². The minimum atomic E-state index is -0.397. The van der Waals surface area contributed by atoms with Gasteiger partial charge in [0.2, 0.25) is 0 Å². The number of ether oxygens (including phenoxy) is 1. The van der Waals surface area contributed by atoms with Crippen LogP contribution in [0.15, 0.2) is 23.5 Å². The Kier molecular flexibility index (Phi) is 5.09. The van der Waals surface area contributed by atoms with Crippen LogP contribution in [-0.2, 0) is 16.1 Å². The minimum absolute atomic E-state index is 0.0626. The molecule has 2 heterocycles. The number of carbonyl (C=O) groups excluding carboxylic acids is 1. The number of rotatable bonds is 5. The molecule has 7 nitrogen and oxygen atoms in total. The molecule has 1 aliphatic heterocycles. The van der Waals surface area contributed by atoms with Crippen LogP contribution >= 0.6 is 0 Å². The van der Waals surface area contributed by atoms with E-state index in [0.29, 0.717) is 19.0 Å². The highest BCUT2D eigenvalue weighted by molar-refractivity contribution is 6.01. The summed E-state index contributed by atoms with van der Waals surface area (Å²) in [6.07, 6.45) is 3.30. The largest absolute Gasteiger partial charge is 0.384 e. The smallest absolute Gasteiger partial charge is 0.283 e. The summed E-state index contributed by atoms with van der Waals surface area (Å²) in [6.45, 7) is 5.62. The number of hydrogen-bond acceptors (Lipinski definition) is 5. The van der Waals surface area contributed by atoms with E-state index in [9.17, 15) is 10.1 Å². The zero-order chi connectivity index (χ0) is 17.0. The molecule has 1 aromatic rings. The minimum Gasteiger partial charge on any atom is -0.384 e. The van der Waals surface area contributed by atoms with E-state index >= 15 is 0 Å². The van der Waals surface area contributed by atoms with Gasteiger partial charge in [0.25, 0.3) is 5.91 Å². The highest BCUT2D eigenvalue weighted by Gasteiger charge is 2.22. The van der Waals surface area contributed by atoms with E-state index in [2.05, 4.69) is 9.99 Å². The Morgan fingerprint density at radius 1 is 1.57 bits per heavy atom. The van der Waals surface area contributed by atoms with Crippen molar-refractivity contribution in [2.45, 2.75) is 20.4 Å². The van der Waals surface area contributed by atoms with Gasteiger partial charge in [-0.3, -0.25) is 10.2 Å². The van der Waals surface area contributed by atoms with Gasteiger partial charge in [-0.15, -0.1) is 0 Å². The van der Waals surface area contributed by atoms with Crippen molar-refractivity contribution in [3.8, 4) is 6.07 Å². The number of nitrogens with one attached hydrogen (secondary N) is 1. The van der Waals surface area contributed by atoms with Gasteiger partial charge in [-0.1, -0.05) is 0 Å². The number of methoxy groups -OCH3 is 1. The van der Waals surface area contributed by atoms with E-state index in [-0.39, 0.29) is 5.57 Å². The number of carbonyl (C=O) groups is 1. The molecule has 23 heavy (non-hydrogen) atoms. The Morgan fingerprint density at radius 3 is 2.87 bits per heavy atom. The fraction of sp³-hybridized carbons (Fsp3) is 0.375. The van der Waals surface area contributed by atoms with Crippen molar-refractivity contribution in [2.75, 3.05) is 20.3 Å². The number of nitriles is 1. The number of nitrogens with zero attached hydrogens (tertiary/aromatic N) is 3. The standard InChI is InChI=1S/C16H21N5O2/c1-11-8-13(12(2)20(11)6-7-23-3)9-14(10-17)16(22)21-5-4-15(18)19-21/h4,8-9,19H,5-7,18H2,1-3H3/b14-9+. The van der Waals surface area contributed by atoms with Crippen LogP contribution in [0.2, 0.25) is 0 Å². The summed E-state index contributed by atoms with van der Waals surface area (Å²) in [4.78, 5) is 12.4. The summed E-state index contributed by atoms with van der Waals surface area (Å²) >= 11 is 0. The maximum atomic E-state index is 12.4. The predicted molar refractivity (Wildman–Crippen MR) is 86.5 cm³/mol. The van der Waals surface area contributed by atoms with Gasteiger partial charge in [0.05, 0.1) is 13.2 Å². The first-order valence-electron chi connectivity index (χ1n) is 7.29. The van der Waals surface area contributed by atoms with Crippen LogP contribution in [-0.4, -0.2) is 35.7 Å². The molecule has 0 atom stereocenters. The van der Waals surface area contributed by atoms with Gasteiger partial charge < -0.3 is 15.0 Å². The van der Waals surface area contributed by atoms with Gasteiger partial charge in [0.15, 0.2) is 0 Å². The lowest BCUT2D eigenvalue weighted by Gasteiger charge is -2.16. The van der Waals surface area contributed by atoms with E-state index in [1.165, 1.54) is 5.01 Å². The number of nitrogens with two attached hydrogens (primary N) is 1. The molecule has 0 saturated carbocycles. The van der Waals surface area contributed by atoms with Crippen molar-refractivity contribution in [3.05, 3.63) is 40.5 Å². The molecule has 1 aliphatic rings. The molecule has 0 bridgehead atoms. The number of aryl methyl sites for hydroxylation is 1. The van der Waals surface area contributed by atoms with Crippen LogP contribution in [0.5, 0.6) is 0 Å². The number of amides is 1. The van der Waals surface area contributed by atoms with Crippen LogP contribution in [0.25, 0.3) is 6.08 Å². The lowest BCUT2D eigenvalue weighted by Crippen LogP contribution is -2.39. The molecule has 0 unspecified atom stereocenters. The fourth-order valence-corrected chi connectivity index (χ4v) is 2.51. The molecular weight excluding hydrogens is 294 g/mol. The van der Waals surface area contributed by atoms with Crippen molar-refractivity contribution < 1.29 is 9.53 Å². The van der Waals surface area contributed by atoms with Crippen molar-refractivity contribution in [1.82, 2.24) is 15.0 Å². The van der Waals surface area contributed by atoms with E-state index in [4.69, 9.17) is 10.5 Å². The van der Waals surface area contributed by atoms with E-state index in [0.717, 1.165) is 23.5 Å². The highest BCUT2D eigenvalue weighted by atomic mass is 16.5. The number of hydrazine groups is 1. The number of hydrogen-bond donors (Lipinski definition) is 2. The maximum absolute atomic E-state index is 12.4. The Bertz CT molecular complexity index is 709. The lowest BCUT2D eigenvalue weighted by molar-refractivity contribution is -0.127. The van der Waals surface area contributed by atoms with Gasteiger partial charge in [-0.2, -0.15) is 5.26 Å². The first-order chi connectivity index (χ1) is 11.0. The van der Waals surface area contributed by atoms with Crippen LogP contribution in [0.3, 0.4) is 0 Å². The first-order valence-corrected chi connectivity index (χ1v) is 7.29. The van der Waals surface area contributed by atoms with E-state index in [1.807, 2.05) is 26.0 Å². The van der Waals surface area contributed by atoms with Crippen LogP contribution in [0, 0.1) is 25.2 Å². The molecule has 0 radical (unpaired) electrons. The molecular formula is C16H21N5O2. The van der Waals surface area contributed by atoms with Gasteiger partial charge in [0.1, 0.15) is 17.5 Å². The second-order valence-corrected chi connectivity index (χ2v) is 5.33. The molecule has 0 aliphatic carbocycles. The Hall–Kier alpha value is -2.72. The van der Waals surface area contributed by atoms with Gasteiger partial charge in [-0.25, -0.2) is 5.01 Å². The molecule has 0 fully saturated rings. The summed E-state index contributed by atoms with van der Waals surface area (Å²) < 4.78 is 7.21. The molecule has 1 amide bonds. The molecule has 1 aromatic heterocycles. The Balaban J connectivity index is 2.25. The van der Waals surface area contributed by atoms with E-state index in [1.54, 1.807) is 19.3 Å². The van der Waals surface area contributed by atoms with Crippen LogP contribution < -0.4 is 11.2 Å². The van der Waals surface area contributed by atoms with Gasteiger partial charge >= 0.3 is 0 Å². The Morgan fingerprint density at radius 2 is 2.30 bits per heavy atom. The summed E-state index contributed by atoms with van der Waals surface area (Å²) in [5, 5.41) is 10.6. The van der Waals surface area contributed by atoms with Gasteiger partial charge in [0, 0.05) is 25.0 Å². The molecule has 0 spiro atoms. The lowest BCUT2D eigenvalue weighted by atomic mass is 10.1. The third-order valence-electron chi connectivity index (χ3n) is 3.79. The molecule has 122 valence electrons. The van der Waals surface area contributed by atoms with Crippen LogP contribution in [0.1, 0.15) is 17.0 Å². The average molecular weight is 315 g/mol. The molecule has 7 heteroatoms.